The molecular weight excluding hydrogens is 371 g/mol. The van der Waals surface area contributed by atoms with Gasteiger partial charge in [0.15, 0.2) is 0 Å². The molecule has 2 aromatic carbocycles. The lowest BCUT2D eigenvalue weighted by Crippen LogP contribution is -2.45. The number of nitrogens with one attached hydrogen (secondary N) is 2. The van der Waals surface area contributed by atoms with Crippen molar-refractivity contribution in [1.82, 2.24) is 5.32 Å². The highest BCUT2D eigenvalue weighted by Crippen LogP contribution is 2.38. The van der Waals surface area contributed by atoms with E-state index in [9.17, 15) is 9.18 Å². The Hall–Kier alpha value is -2.44. The molecule has 2 amide bonds. The van der Waals surface area contributed by atoms with Crippen LogP contribution in [0.3, 0.4) is 0 Å². The van der Waals surface area contributed by atoms with Crippen LogP contribution in [0.2, 0.25) is 0 Å². The summed E-state index contributed by atoms with van der Waals surface area (Å²) in [7, 11) is 0. The number of halogens is 1. The van der Waals surface area contributed by atoms with Crippen LogP contribution < -0.4 is 10.6 Å². The van der Waals surface area contributed by atoms with E-state index in [0.717, 1.165) is 36.8 Å². The van der Waals surface area contributed by atoms with E-state index in [1.54, 1.807) is 12.1 Å². The van der Waals surface area contributed by atoms with Crippen molar-refractivity contribution in [3.05, 3.63) is 65.5 Å². The SMILES string of the molecule is CCOCCOCc1cccc(NC(=O)NC2(c3ccc(F)cc3)CCCC2)c1. The normalized spacial score (nSPS) is 15.2. The van der Waals surface area contributed by atoms with Crippen molar-refractivity contribution in [2.75, 3.05) is 25.1 Å². The van der Waals surface area contributed by atoms with Crippen LogP contribution in [0.1, 0.15) is 43.7 Å². The van der Waals surface area contributed by atoms with Gasteiger partial charge < -0.3 is 20.1 Å². The van der Waals surface area contributed by atoms with Crippen LogP contribution in [0.15, 0.2) is 48.5 Å². The highest BCUT2D eigenvalue weighted by molar-refractivity contribution is 5.90. The average molecular weight is 400 g/mol. The molecule has 0 spiro atoms. The summed E-state index contributed by atoms with van der Waals surface area (Å²) >= 11 is 0. The van der Waals surface area contributed by atoms with E-state index >= 15 is 0 Å². The molecule has 2 aromatic rings. The Morgan fingerprint density at radius 3 is 2.52 bits per heavy atom. The number of hydrogen-bond donors (Lipinski definition) is 2. The van der Waals surface area contributed by atoms with E-state index < -0.39 is 5.54 Å². The molecule has 1 saturated carbocycles. The number of urea groups is 1. The van der Waals surface area contributed by atoms with Gasteiger partial charge in [-0.25, -0.2) is 9.18 Å². The molecule has 0 aliphatic heterocycles. The van der Waals surface area contributed by atoms with Gasteiger partial charge in [0, 0.05) is 12.3 Å². The predicted octanol–water partition coefficient (Wildman–Crippen LogP) is 4.97. The number of amides is 2. The first-order valence-corrected chi connectivity index (χ1v) is 10.2. The van der Waals surface area contributed by atoms with Crippen molar-refractivity contribution < 1.29 is 18.7 Å². The molecule has 1 aliphatic rings. The molecule has 156 valence electrons. The minimum atomic E-state index is -0.447. The van der Waals surface area contributed by atoms with Crippen molar-refractivity contribution in [3.63, 3.8) is 0 Å². The van der Waals surface area contributed by atoms with Gasteiger partial charge in [0.05, 0.1) is 25.4 Å². The summed E-state index contributed by atoms with van der Waals surface area (Å²) in [6.45, 7) is 4.20. The second kappa shape index (κ2) is 10.4. The van der Waals surface area contributed by atoms with Crippen molar-refractivity contribution in [3.8, 4) is 0 Å². The Labute approximate surface area is 171 Å². The summed E-state index contributed by atoms with van der Waals surface area (Å²) in [6.07, 6.45) is 3.76. The first-order chi connectivity index (χ1) is 14.1. The molecule has 0 radical (unpaired) electrons. The fraction of sp³-hybridized carbons (Fsp3) is 0.435. The molecule has 29 heavy (non-hydrogen) atoms. The van der Waals surface area contributed by atoms with E-state index in [4.69, 9.17) is 9.47 Å². The number of ether oxygens (including phenoxy) is 2. The molecule has 0 unspecified atom stereocenters. The van der Waals surface area contributed by atoms with Gasteiger partial charge in [-0.2, -0.15) is 0 Å². The summed E-state index contributed by atoms with van der Waals surface area (Å²) in [5.74, 6) is -0.272. The van der Waals surface area contributed by atoms with Crippen LogP contribution in [0.4, 0.5) is 14.9 Å². The molecular formula is C23H29FN2O3. The lowest BCUT2D eigenvalue weighted by atomic mass is 9.88. The zero-order chi connectivity index (χ0) is 20.5. The van der Waals surface area contributed by atoms with E-state index in [1.165, 1.54) is 12.1 Å². The molecule has 3 rings (SSSR count). The largest absolute Gasteiger partial charge is 0.379 e. The fourth-order valence-corrected chi connectivity index (χ4v) is 3.80. The van der Waals surface area contributed by atoms with E-state index in [1.807, 2.05) is 31.2 Å². The molecule has 1 aliphatic carbocycles. The molecule has 0 atom stereocenters. The lowest BCUT2D eigenvalue weighted by Gasteiger charge is -2.31. The number of carbonyl (C=O) groups excluding carboxylic acids is 1. The van der Waals surface area contributed by atoms with Crippen molar-refractivity contribution in [1.29, 1.82) is 0 Å². The zero-order valence-electron chi connectivity index (χ0n) is 16.9. The maximum atomic E-state index is 13.3. The second-order valence-electron chi connectivity index (χ2n) is 7.33. The van der Waals surface area contributed by atoms with Crippen LogP contribution in [0, 0.1) is 5.82 Å². The monoisotopic (exact) mass is 400 g/mol. The minimum Gasteiger partial charge on any atom is -0.379 e. The highest BCUT2D eigenvalue weighted by Gasteiger charge is 2.37. The van der Waals surface area contributed by atoms with Gasteiger partial charge in [-0.05, 0) is 55.2 Å². The van der Waals surface area contributed by atoms with Gasteiger partial charge >= 0.3 is 6.03 Å². The second-order valence-corrected chi connectivity index (χ2v) is 7.33. The third-order valence-electron chi connectivity index (χ3n) is 5.24. The van der Waals surface area contributed by atoms with E-state index in [0.29, 0.717) is 32.1 Å². The van der Waals surface area contributed by atoms with Crippen LogP contribution in [0.25, 0.3) is 0 Å². The smallest absolute Gasteiger partial charge is 0.319 e. The molecule has 5 nitrogen and oxygen atoms in total. The van der Waals surface area contributed by atoms with Gasteiger partial charge in [0.1, 0.15) is 5.82 Å². The van der Waals surface area contributed by atoms with Gasteiger partial charge in [0.2, 0.25) is 0 Å². The fourth-order valence-electron chi connectivity index (χ4n) is 3.80. The molecule has 0 saturated heterocycles. The molecule has 0 heterocycles. The average Bonchev–Trinajstić information content (AvgIpc) is 3.18. The Morgan fingerprint density at radius 1 is 1.07 bits per heavy atom. The van der Waals surface area contributed by atoms with E-state index in [-0.39, 0.29) is 11.8 Å². The standard InChI is InChI=1S/C23H29FN2O3/c1-2-28-14-15-29-17-18-6-5-7-21(16-18)25-22(27)26-23(12-3-4-13-23)19-8-10-20(24)11-9-19/h5-11,16H,2-4,12-15,17H2,1H3,(H2,25,26,27). The summed E-state index contributed by atoms with van der Waals surface area (Å²) in [5.41, 5.74) is 2.19. The summed E-state index contributed by atoms with van der Waals surface area (Å²) < 4.78 is 24.2. The maximum Gasteiger partial charge on any atom is 0.319 e. The molecule has 1 fully saturated rings. The number of carbonyl (C=O) groups is 1. The van der Waals surface area contributed by atoms with Crippen LogP contribution in [-0.4, -0.2) is 25.9 Å². The van der Waals surface area contributed by atoms with Crippen molar-refractivity contribution in [2.45, 2.75) is 44.8 Å². The van der Waals surface area contributed by atoms with Crippen molar-refractivity contribution in [2.24, 2.45) is 0 Å². The number of anilines is 1. The summed E-state index contributed by atoms with van der Waals surface area (Å²) in [4.78, 5) is 12.7. The third kappa shape index (κ3) is 6.02. The first kappa shape index (κ1) is 21.3. The van der Waals surface area contributed by atoms with Crippen LogP contribution in [-0.2, 0) is 21.6 Å². The number of hydrogen-bond acceptors (Lipinski definition) is 3. The Bertz CT molecular complexity index is 789. The number of rotatable bonds is 9. The minimum absolute atomic E-state index is 0.259. The molecule has 6 heteroatoms. The molecule has 2 N–H and O–H groups in total. The van der Waals surface area contributed by atoms with Crippen LogP contribution in [0.5, 0.6) is 0 Å². The van der Waals surface area contributed by atoms with Gasteiger partial charge in [0.25, 0.3) is 0 Å². The summed E-state index contributed by atoms with van der Waals surface area (Å²) in [6, 6.07) is 13.8. The van der Waals surface area contributed by atoms with Crippen LogP contribution >= 0.6 is 0 Å². The quantitative estimate of drug-likeness (QED) is 0.584. The predicted molar refractivity (Wildman–Crippen MR) is 111 cm³/mol. The number of benzene rings is 2. The Balaban J connectivity index is 1.59. The van der Waals surface area contributed by atoms with Gasteiger partial charge in [-0.15, -0.1) is 0 Å². The first-order valence-electron chi connectivity index (χ1n) is 10.2. The van der Waals surface area contributed by atoms with Crippen molar-refractivity contribution >= 4 is 11.7 Å². The highest BCUT2D eigenvalue weighted by atomic mass is 19.1. The molecule has 0 bridgehead atoms. The maximum absolute atomic E-state index is 13.3. The molecule has 0 aromatic heterocycles. The van der Waals surface area contributed by atoms with E-state index in [2.05, 4.69) is 10.6 Å². The lowest BCUT2D eigenvalue weighted by molar-refractivity contribution is 0.0453. The van der Waals surface area contributed by atoms with Gasteiger partial charge in [-0.1, -0.05) is 37.1 Å². The summed E-state index contributed by atoms with van der Waals surface area (Å²) in [5, 5.41) is 6.06. The topological polar surface area (TPSA) is 59.6 Å². The third-order valence-corrected chi connectivity index (χ3v) is 5.24. The Kier molecular flexibility index (Phi) is 7.61. The Morgan fingerprint density at radius 2 is 1.79 bits per heavy atom. The zero-order valence-corrected chi connectivity index (χ0v) is 16.9. The van der Waals surface area contributed by atoms with Gasteiger partial charge in [-0.3, -0.25) is 0 Å².